The van der Waals surface area contributed by atoms with E-state index in [0.29, 0.717) is 17.0 Å². The Kier molecular flexibility index (Phi) is 7.29. The summed E-state index contributed by atoms with van der Waals surface area (Å²) in [6.07, 6.45) is 1.97. The van der Waals surface area contributed by atoms with Crippen molar-refractivity contribution >= 4 is 33.4 Å². The molecule has 0 saturated heterocycles. The highest BCUT2D eigenvalue weighted by atomic mass is 32.2. The molecule has 0 aliphatic carbocycles. The van der Waals surface area contributed by atoms with Gasteiger partial charge in [0.1, 0.15) is 5.75 Å². The molecule has 0 atom stereocenters. The maximum atomic E-state index is 12.2. The summed E-state index contributed by atoms with van der Waals surface area (Å²) >= 11 is 1.59. The summed E-state index contributed by atoms with van der Waals surface area (Å²) in [7, 11) is -3.56. The van der Waals surface area contributed by atoms with Gasteiger partial charge in [0.05, 0.1) is 4.90 Å². The Morgan fingerprint density at radius 3 is 2.56 bits per heavy atom. The largest absolute Gasteiger partial charge is 0.483 e. The molecule has 0 aliphatic rings. The minimum Gasteiger partial charge on any atom is -0.483 e. The zero-order valence-electron chi connectivity index (χ0n) is 15.8. The number of benzene rings is 2. The molecule has 146 valence electrons. The molecule has 0 aliphatic heterocycles. The molecule has 2 aromatic rings. The summed E-state index contributed by atoms with van der Waals surface area (Å²) in [6.45, 7) is 5.09. The second kappa shape index (κ2) is 9.25. The van der Waals surface area contributed by atoms with Crippen LogP contribution in [0, 0.1) is 6.92 Å². The number of thioether (sulfide) groups is 1. The molecular weight excluding hydrogens is 384 g/mol. The van der Waals surface area contributed by atoms with Crippen LogP contribution in [0.15, 0.2) is 52.3 Å². The van der Waals surface area contributed by atoms with E-state index >= 15 is 0 Å². The Bertz CT molecular complexity index is 912. The number of carbonyl (C=O) groups is 1. The van der Waals surface area contributed by atoms with E-state index in [1.807, 2.05) is 30.5 Å². The van der Waals surface area contributed by atoms with Crippen LogP contribution in [0.3, 0.4) is 0 Å². The standard InChI is InChI=1S/C19H24N2O4S2/c1-13(2)21-27(23,24)17-8-9-18(14(3)10-17)25-12-19(22)20-15-6-5-7-16(11-15)26-4/h5-11,13,21H,12H2,1-4H3,(H,20,22). The third kappa shape index (κ3) is 6.27. The molecule has 8 heteroatoms. The smallest absolute Gasteiger partial charge is 0.262 e. The molecule has 27 heavy (non-hydrogen) atoms. The number of carbonyl (C=O) groups excluding carboxylic acids is 1. The van der Waals surface area contributed by atoms with Gasteiger partial charge in [0.15, 0.2) is 6.61 Å². The van der Waals surface area contributed by atoms with E-state index in [1.165, 1.54) is 12.1 Å². The Hall–Kier alpha value is -2.03. The molecule has 0 bridgehead atoms. The van der Waals surface area contributed by atoms with E-state index in [4.69, 9.17) is 4.74 Å². The van der Waals surface area contributed by atoms with Crippen molar-refractivity contribution in [3.8, 4) is 5.75 Å². The molecule has 0 spiro atoms. The van der Waals surface area contributed by atoms with Gasteiger partial charge in [-0.1, -0.05) is 6.07 Å². The molecule has 0 fully saturated rings. The van der Waals surface area contributed by atoms with Gasteiger partial charge >= 0.3 is 0 Å². The van der Waals surface area contributed by atoms with Crippen LogP contribution in [0.4, 0.5) is 5.69 Å². The summed E-state index contributed by atoms with van der Waals surface area (Å²) in [4.78, 5) is 13.3. The van der Waals surface area contributed by atoms with Crippen molar-refractivity contribution in [2.75, 3.05) is 18.2 Å². The third-order valence-corrected chi connectivity index (χ3v) is 5.94. The molecule has 6 nitrogen and oxygen atoms in total. The fourth-order valence-corrected chi connectivity index (χ4v) is 4.17. The Labute approximate surface area is 164 Å². The van der Waals surface area contributed by atoms with Gasteiger partial charge in [-0.25, -0.2) is 13.1 Å². The van der Waals surface area contributed by atoms with Gasteiger partial charge in [0.2, 0.25) is 10.0 Å². The lowest BCUT2D eigenvalue weighted by atomic mass is 10.2. The lowest BCUT2D eigenvalue weighted by Gasteiger charge is -2.13. The zero-order chi connectivity index (χ0) is 20.0. The molecule has 2 aromatic carbocycles. The van der Waals surface area contributed by atoms with Crippen LogP contribution in [0.5, 0.6) is 5.75 Å². The Morgan fingerprint density at radius 2 is 1.93 bits per heavy atom. The molecule has 0 radical (unpaired) electrons. The average Bonchev–Trinajstić information content (AvgIpc) is 2.59. The first-order chi connectivity index (χ1) is 12.7. The fourth-order valence-electron chi connectivity index (χ4n) is 2.37. The predicted molar refractivity (Wildman–Crippen MR) is 109 cm³/mol. The van der Waals surface area contributed by atoms with E-state index in [1.54, 1.807) is 38.6 Å². The minimum absolute atomic E-state index is 0.166. The monoisotopic (exact) mass is 408 g/mol. The van der Waals surface area contributed by atoms with Gasteiger partial charge in [-0.15, -0.1) is 11.8 Å². The summed E-state index contributed by atoms with van der Waals surface area (Å²) in [5, 5.41) is 2.78. The van der Waals surface area contributed by atoms with Gasteiger partial charge in [0, 0.05) is 16.6 Å². The predicted octanol–water partition coefficient (Wildman–Crippen LogP) is 3.42. The fraction of sp³-hybridized carbons (Fsp3) is 0.316. The van der Waals surface area contributed by atoms with Gasteiger partial charge in [0.25, 0.3) is 5.91 Å². The van der Waals surface area contributed by atoms with E-state index in [0.717, 1.165) is 4.90 Å². The molecule has 2 rings (SSSR count). The van der Waals surface area contributed by atoms with E-state index in [-0.39, 0.29) is 23.5 Å². The molecule has 2 N–H and O–H groups in total. The van der Waals surface area contributed by atoms with Crippen molar-refractivity contribution in [1.82, 2.24) is 4.72 Å². The van der Waals surface area contributed by atoms with Crippen LogP contribution in [0.2, 0.25) is 0 Å². The number of aryl methyl sites for hydroxylation is 1. The summed E-state index contributed by atoms with van der Waals surface area (Å²) in [6, 6.07) is 11.9. The third-order valence-electron chi connectivity index (χ3n) is 3.56. The number of ether oxygens (including phenoxy) is 1. The summed E-state index contributed by atoms with van der Waals surface area (Å²) in [5.41, 5.74) is 1.34. The first kappa shape index (κ1) is 21.3. The number of sulfonamides is 1. The maximum Gasteiger partial charge on any atom is 0.262 e. The highest BCUT2D eigenvalue weighted by Crippen LogP contribution is 2.22. The number of hydrogen-bond donors (Lipinski definition) is 2. The second-order valence-corrected chi connectivity index (χ2v) is 8.87. The van der Waals surface area contributed by atoms with Gasteiger partial charge in [-0.3, -0.25) is 4.79 Å². The van der Waals surface area contributed by atoms with E-state index in [9.17, 15) is 13.2 Å². The van der Waals surface area contributed by atoms with E-state index < -0.39 is 10.0 Å². The average molecular weight is 409 g/mol. The van der Waals surface area contributed by atoms with Crippen LogP contribution >= 0.6 is 11.8 Å². The molecule has 0 saturated carbocycles. The van der Waals surface area contributed by atoms with Crippen molar-refractivity contribution in [1.29, 1.82) is 0 Å². The molecule has 0 aromatic heterocycles. The molecule has 0 unspecified atom stereocenters. The quantitative estimate of drug-likeness (QED) is 0.654. The van der Waals surface area contributed by atoms with Gasteiger partial charge < -0.3 is 10.1 Å². The maximum absolute atomic E-state index is 12.2. The zero-order valence-corrected chi connectivity index (χ0v) is 17.4. The SMILES string of the molecule is CSc1cccc(NC(=O)COc2ccc(S(=O)(=O)NC(C)C)cc2C)c1. The Morgan fingerprint density at radius 1 is 1.19 bits per heavy atom. The van der Waals surface area contributed by atoms with Crippen molar-refractivity contribution in [2.24, 2.45) is 0 Å². The van der Waals surface area contributed by atoms with Crippen molar-refractivity contribution in [3.05, 3.63) is 48.0 Å². The molecule has 1 amide bonds. The topological polar surface area (TPSA) is 84.5 Å². The van der Waals surface area contributed by atoms with Crippen molar-refractivity contribution < 1.29 is 17.9 Å². The van der Waals surface area contributed by atoms with Crippen LogP contribution < -0.4 is 14.8 Å². The number of rotatable bonds is 8. The first-order valence-corrected chi connectivity index (χ1v) is 11.1. The lowest BCUT2D eigenvalue weighted by molar-refractivity contribution is -0.118. The van der Waals surface area contributed by atoms with Gasteiger partial charge in [-0.05, 0) is 69.0 Å². The van der Waals surface area contributed by atoms with Crippen LogP contribution in [0.1, 0.15) is 19.4 Å². The number of hydrogen-bond acceptors (Lipinski definition) is 5. The van der Waals surface area contributed by atoms with Gasteiger partial charge in [-0.2, -0.15) is 0 Å². The van der Waals surface area contributed by atoms with Crippen LogP contribution in [-0.2, 0) is 14.8 Å². The molecular formula is C19H24N2O4S2. The van der Waals surface area contributed by atoms with Crippen molar-refractivity contribution in [3.63, 3.8) is 0 Å². The number of anilines is 1. The van der Waals surface area contributed by atoms with Crippen molar-refractivity contribution in [2.45, 2.75) is 36.6 Å². The summed E-state index contributed by atoms with van der Waals surface area (Å²) < 4.78 is 32.5. The second-order valence-electron chi connectivity index (χ2n) is 6.27. The Balaban J connectivity index is 2.00. The van der Waals surface area contributed by atoms with Crippen LogP contribution in [0.25, 0.3) is 0 Å². The highest BCUT2D eigenvalue weighted by molar-refractivity contribution is 7.98. The lowest BCUT2D eigenvalue weighted by Crippen LogP contribution is -2.30. The number of nitrogens with one attached hydrogen (secondary N) is 2. The normalized spacial score (nSPS) is 11.4. The van der Waals surface area contributed by atoms with E-state index in [2.05, 4.69) is 10.0 Å². The minimum atomic E-state index is -3.56. The first-order valence-electron chi connectivity index (χ1n) is 8.41. The summed E-state index contributed by atoms with van der Waals surface area (Å²) in [5.74, 6) is 0.178. The number of amides is 1. The molecule has 0 heterocycles. The highest BCUT2D eigenvalue weighted by Gasteiger charge is 2.17. The van der Waals surface area contributed by atoms with Crippen LogP contribution in [-0.4, -0.2) is 33.2 Å².